The lowest BCUT2D eigenvalue weighted by Gasteiger charge is -2.36. The highest BCUT2D eigenvalue weighted by atomic mass is 35.5. The molecule has 0 radical (unpaired) electrons. The van der Waals surface area contributed by atoms with E-state index in [9.17, 15) is 15.0 Å². The van der Waals surface area contributed by atoms with E-state index in [0.29, 0.717) is 19.6 Å². The van der Waals surface area contributed by atoms with Crippen LogP contribution < -0.4 is 4.90 Å². The molecule has 0 saturated carbocycles. The van der Waals surface area contributed by atoms with Gasteiger partial charge in [-0.1, -0.05) is 6.07 Å². The molecule has 0 unspecified atom stereocenters. The zero-order valence-corrected chi connectivity index (χ0v) is 18.3. The van der Waals surface area contributed by atoms with Gasteiger partial charge in [0.15, 0.2) is 0 Å². The Bertz CT molecular complexity index is 1230. The average Bonchev–Trinajstić information content (AvgIpc) is 2.77. The van der Waals surface area contributed by atoms with Crippen molar-refractivity contribution >= 4 is 23.2 Å². The number of carbonyl (C=O) groups is 1. The van der Waals surface area contributed by atoms with E-state index < -0.39 is 0 Å². The molecule has 164 valence electrons. The number of hydrogen-bond donors (Lipinski definition) is 2. The molecule has 2 aromatic carbocycles. The second-order valence-electron chi connectivity index (χ2n) is 8.18. The minimum atomic E-state index is -0.306. The predicted octanol–water partition coefficient (Wildman–Crippen LogP) is 4.26. The van der Waals surface area contributed by atoms with Gasteiger partial charge in [0.2, 0.25) is 5.28 Å². The van der Waals surface area contributed by atoms with Crippen LogP contribution in [0.5, 0.6) is 11.5 Å². The summed E-state index contributed by atoms with van der Waals surface area (Å²) in [4.78, 5) is 23.9. The summed E-state index contributed by atoms with van der Waals surface area (Å²) in [6.07, 6.45) is 2.30. The normalized spacial score (nSPS) is 17.6. The van der Waals surface area contributed by atoms with E-state index in [0.717, 1.165) is 46.6 Å². The molecule has 2 aliphatic heterocycles. The first-order valence-electron chi connectivity index (χ1n) is 10.5. The second kappa shape index (κ2) is 8.07. The number of nitrogens with zero attached hydrogens (tertiary/aromatic N) is 3. The maximum atomic E-state index is 13.3. The Morgan fingerprint density at radius 3 is 2.81 bits per heavy atom. The fourth-order valence-corrected chi connectivity index (χ4v) is 4.67. The molecule has 0 saturated heterocycles. The van der Waals surface area contributed by atoms with E-state index in [1.165, 1.54) is 18.2 Å². The van der Waals surface area contributed by atoms with Gasteiger partial charge in [0.25, 0.3) is 5.91 Å². The molecule has 0 fully saturated rings. The molecule has 32 heavy (non-hydrogen) atoms. The van der Waals surface area contributed by atoms with Crippen molar-refractivity contribution in [2.75, 3.05) is 11.5 Å². The molecule has 0 bridgehead atoms. The Kier molecular flexibility index (Phi) is 5.23. The number of benzene rings is 2. The summed E-state index contributed by atoms with van der Waals surface area (Å²) in [6.45, 7) is 3.05. The van der Waals surface area contributed by atoms with E-state index in [-0.39, 0.29) is 34.3 Å². The van der Waals surface area contributed by atoms with E-state index in [2.05, 4.69) is 9.97 Å². The summed E-state index contributed by atoms with van der Waals surface area (Å²) >= 11 is 6.20. The van der Waals surface area contributed by atoms with E-state index in [4.69, 9.17) is 16.3 Å². The predicted molar refractivity (Wildman–Crippen MR) is 120 cm³/mol. The molecule has 3 aromatic rings. The number of fused-ring (bicyclic) bond motifs is 2. The van der Waals surface area contributed by atoms with E-state index >= 15 is 0 Å². The maximum Gasteiger partial charge on any atom is 0.262 e. The lowest BCUT2D eigenvalue weighted by molar-refractivity contribution is 0.0972. The Morgan fingerprint density at radius 1 is 1.16 bits per heavy atom. The lowest BCUT2D eigenvalue weighted by atomic mass is 9.92. The number of phenolic OH excluding ortho intramolecular Hbond substituents is 2. The molecular formula is C24H22ClN3O4. The van der Waals surface area contributed by atoms with Crippen LogP contribution in [0.2, 0.25) is 5.28 Å². The first-order chi connectivity index (χ1) is 15.4. The van der Waals surface area contributed by atoms with Gasteiger partial charge >= 0.3 is 0 Å². The van der Waals surface area contributed by atoms with Gasteiger partial charge in [0.1, 0.15) is 11.5 Å². The van der Waals surface area contributed by atoms with Crippen molar-refractivity contribution in [1.82, 2.24) is 9.97 Å². The SMILES string of the molecule is C[C@H]1CCc2cc(-c3nc(Cl)nc4c3COCC4)ccc2N1C(=O)c1ccc(O)cc1O. The third-order valence-corrected chi connectivity index (χ3v) is 6.28. The molecule has 0 aliphatic carbocycles. The number of carbonyl (C=O) groups excluding carboxylic acids is 1. The summed E-state index contributed by atoms with van der Waals surface area (Å²) in [5.74, 6) is -0.639. The van der Waals surface area contributed by atoms with Crippen molar-refractivity contribution in [2.24, 2.45) is 0 Å². The van der Waals surface area contributed by atoms with Crippen LogP contribution in [0, 0.1) is 0 Å². The summed E-state index contributed by atoms with van der Waals surface area (Å²) in [6, 6.07) is 9.88. The minimum Gasteiger partial charge on any atom is -0.508 e. The maximum absolute atomic E-state index is 13.3. The van der Waals surface area contributed by atoms with Gasteiger partial charge in [-0.3, -0.25) is 4.79 Å². The van der Waals surface area contributed by atoms with Crippen LogP contribution in [0.15, 0.2) is 36.4 Å². The fourth-order valence-electron chi connectivity index (χ4n) is 4.48. The van der Waals surface area contributed by atoms with Crippen molar-refractivity contribution in [2.45, 2.75) is 38.8 Å². The van der Waals surface area contributed by atoms with Crippen LogP contribution in [0.3, 0.4) is 0 Å². The standard InChI is InChI=1S/C24H22ClN3O4/c1-13-2-3-14-10-15(22-18-12-32-9-8-19(18)26-24(25)27-22)4-7-20(14)28(13)23(31)17-6-5-16(29)11-21(17)30/h4-7,10-11,13,29-30H,2-3,8-9,12H2,1H3/t13-/m0/s1. The van der Waals surface area contributed by atoms with Gasteiger partial charge < -0.3 is 19.8 Å². The molecule has 3 heterocycles. The van der Waals surface area contributed by atoms with Crippen LogP contribution in [0.1, 0.15) is 40.5 Å². The molecule has 2 N–H and O–H groups in total. The number of aromatic nitrogens is 2. The first kappa shape index (κ1) is 20.7. The largest absolute Gasteiger partial charge is 0.508 e. The second-order valence-corrected chi connectivity index (χ2v) is 8.51. The fraction of sp³-hybridized carbons (Fsp3) is 0.292. The molecule has 2 aliphatic rings. The highest BCUT2D eigenvalue weighted by Gasteiger charge is 2.31. The summed E-state index contributed by atoms with van der Waals surface area (Å²) in [5.41, 5.74) is 5.51. The first-order valence-corrected chi connectivity index (χ1v) is 10.9. The molecule has 5 rings (SSSR count). The summed E-state index contributed by atoms with van der Waals surface area (Å²) in [5, 5.41) is 20.0. The zero-order valence-electron chi connectivity index (χ0n) is 17.5. The van der Waals surface area contributed by atoms with E-state index in [1.54, 1.807) is 4.90 Å². The molecule has 1 atom stereocenters. The molecule has 1 amide bonds. The Morgan fingerprint density at radius 2 is 2.00 bits per heavy atom. The van der Waals surface area contributed by atoms with Crippen molar-refractivity contribution in [3.8, 4) is 22.8 Å². The number of hydrogen-bond acceptors (Lipinski definition) is 6. The minimum absolute atomic E-state index is 0.0382. The van der Waals surface area contributed by atoms with Crippen LogP contribution >= 0.6 is 11.6 Å². The van der Waals surface area contributed by atoms with Gasteiger partial charge in [0.05, 0.1) is 30.2 Å². The highest BCUT2D eigenvalue weighted by molar-refractivity contribution is 6.28. The summed E-state index contributed by atoms with van der Waals surface area (Å²) < 4.78 is 5.62. The quantitative estimate of drug-likeness (QED) is 0.565. The number of halogens is 1. The topological polar surface area (TPSA) is 95.8 Å². The Hall–Kier alpha value is -3.16. The number of aromatic hydroxyl groups is 2. The third-order valence-electron chi connectivity index (χ3n) is 6.11. The van der Waals surface area contributed by atoms with Crippen molar-refractivity contribution in [3.05, 3.63) is 64.1 Å². The lowest BCUT2D eigenvalue weighted by Crippen LogP contribution is -2.42. The number of rotatable bonds is 2. The van der Waals surface area contributed by atoms with Gasteiger partial charge in [-0.2, -0.15) is 0 Å². The van der Waals surface area contributed by atoms with Crippen LogP contribution in [-0.4, -0.2) is 38.7 Å². The van der Waals surface area contributed by atoms with Gasteiger partial charge in [-0.05, 0) is 61.2 Å². The Labute approximate surface area is 190 Å². The Balaban J connectivity index is 1.56. The molecule has 8 heteroatoms. The average molecular weight is 452 g/mol. The van der Waals surface area contributed by atoms with Gasteiger partial charge in [0, 0.05) is 35.3 Å². The number of anilines is 1. The number of aryl methyl sites for hydroxylation is 1. The third kappa shape index (κ3) is 3.57. The van der Waals surface area contributed by atoms with Gasteiger partial charge in [-0.25, -0.2) is 9.97 Å². The summed E-state index contributed by atoms with van der Waals surface area (Å²) in [7, 11) is 0. The van der Waals surface area contributed by atoms with Crippen LogP contribution in [0.25, 0.3) is 11.3 Å². The molecule has 0 spiro atoms. The zero-order chi connectivity index (χ0) is 22.4. The monoisotopic (exact) mass is 451 g/mol. The highest BCUT2D eigenvalue weighted by Crippen LogP contribution is 2.37. The van der Waals surface area contributed by atoms with Crippen molar-refractivity contribution in [3.63, 3.8) is 0 Å². The molecule has 1 aromatic heterocycles. The van der Waals surface area contributed by atoms with Crippen molar-refractivity contribution in [1.29, 1.82) is 0 Å². The van der Waals surface area contributed by atoms with E-state index in [1.807, 2.05) is 25.1 Å². The molecule has 7 nitrogen and oxygen atoms in total. The number of ether oxygens (including phenoxy) is 1. The smallest absolute Gasteiger partial charge is 0.262 e. The van der Waals surface area contributed by atoms with Crippen LogP contribution in [0.4, 0.5) is 5.69 Å². The molecular weight excluding hydrogens is 430 g/mol. The van der Waals surface area contributed by atoms with Crippen molar-refractivity contribution < 1.29 is 19.7 Å². The number of phenols is 2. The van der Waals surface area contributed by atoms with Gasteiger partial charge in [-0.15, -0.1) is 0 Å². The number of amides is 1. The van der Waals surface area contributed by atoms with Crippen LogP contribution in [-0.2, 0) is 24.2 Å².